The molecule has 2 aromatic carbocycles. The Labute approximate surface area is 193 Å². The molecule has 1 aliphatic rings. The number of phenols is 1. The van der Waals surface area contributed by atoms with Crippen LogP contribution in [0.5, 0.6) is 5.75 Å². The van der Waals surface area contributed by atoms with Crippen LogP contribution in [0.4, 0.5) is 0 Å². The van der Waals surface area contributed by atoms with Gasteiger partial charge >= 0.3 is 0 Å². The van der Waals surface area contributed by atoms with Crippen molar-refractivity contribution < 1.29 is 10.0 Å². The number of quaternary nitrogens is 1. The molecule has 1 unspecified atom stereocenters. The predicted octanol–water partition coefficient (Wildman–Crippen LogP) is 4.62. The molecule has 32 heavy (non-hydrogen) atoms. The number of phenolic OH excluding ortho intramolecular Hbond substituents is 1. The molecule has 1 saturated heterocycles. The van der Waals surface area contributed by atoms with Crippen molar-refractivity contribution in [1.29, 1.82) is 0 Å². The zero-order chi connectivity index (χ0) is 21.9. The van der Waals surface area contributed by atoms with Gasteiger partial charge in [0.15, 0.2) is 11.8 Å². The molecule has 3 heterocycles. The number of rotatable bonds is 5. The van der Waals surface area contributed by atoms with E-state index in [2.05, 4.69) is 40.3 Å². The van der Waals surface area contributed by atoms with Gasteiger partial charge in [0.1, 0.15) is 11.2 Å². The van der Waals surface area contributed by atoms with Gasteiger partial charge in [0, 0.05) is 17.8 Å². The Morgan fingerprint density at radius 2 is 1.69 bits per heavy atom. The molecule has 0 saturated carbocycles. The van der Waals surface area contributed by atoms with Crippen LogP contribution in [0.3, 0.4) is 0 Å². The quantitative estimate of drug-likeness (QED) is 0.472. The first-order valence-corrected chi connectivity index (χ1v) is 11.6. The van der Waals surface area contributed by atoms with Crippen LogP contribution in [0.15, 0.2) is 79.1 Å². The van der Waals surface area contributed by atoms with Crippen LogP contribution in [-0.2, 0) is 6.42 Å². The van der Waals surface area contributed by atoms with Crippen LogP contribution >= 0.6 is 11.6 Å². The van der Waals surface area contributed by atoms with Gasteiger partial charge in [0.25, 0.3) is 0 Å². The van der Waals surface area contributed by atoms with Crippen LogP contribution in [0, 0.1) is 5.92 Å². The third kappa shape index (κ3) is 4.21. The summed E-state index contributed by atoms with van der Waals surface area (Å²) in [5.74, 6) is 0.889. The van der Waals surface area contributed by atoms with Crippen LogP contribution in [0.25, 0.3) is 10.9 Å². The third-order valence-corrected chi connectivity index (χ3v) is 6.98. The summed E-state index contributed by atoms with van der Waals surface area (Å²) < 4.78 is 0. The standard InChI is InChI=1S/C27H26ClN3O/c28-23-18-22(27(32)25-21(23)9-6-14-30-25)26(24-10-4-5-13-29-24)31-15-11-20(12-16-31)17-19-7-2-1-3-8-19/h1-10,13-14,18,20,26,32H,11-12,15-17H2/p+1. The molecular weight excluding hydrogens is 418 g/mol. The topological polar surface area (TPSA) is 50.5 Å². The van der Waals surface area contributed by atoms with Crippen molar-refractivity contribution in [3.8, 4) is 5.75 Å². The van der Waals surface area contributed by atoms with Crippen LogP contribution in [0.1, 0.15) is 35.7 Å². The summed E-state index contributed by atoms with van der Waals surface area (Å²) in [7, 11) is 0. The van der Waals surface area contributed by atoms with Gasteiger partial charge in [-0.1, -0.05) is 48.0 Å². The number of nitrogens with zero attached hydrogens (tertiary/aromatic N) is 2. The first-order valence-electron chi connectivity index (χ1n) is 11.3. The average molecular weight is 445 g/mol. The maximum atomic E-state index is 11.2. The first kappa shape index (κ1) is 20.9. The summed E-state index contributed by atoms with van der Waals surface area (Å²) in [6.45, 7) is 2.05. The molecule has 2 aromatic heterocycles. The van der Waals surface area contributed by atoms with Crippen molar-refractivity contribution in [2.45, 2.75) is 25.3 Å². The molecule has 5 heteroatoms. The van der Waals surface area contributed by atoms with E-state index in [1.54, 1.807) is 6.20 Å². The summed E-state index contributed by atoms with van der Waals surface area (Å²) in [6.07, 6.45) is 6.93. The molecule has 4 aromatic rings. The van der Waals surface area contributed by atoms with Crippen molar-refractivity contribution in [3.05, 3.63) is 101 Å². The Morgan fingerprint density at radius 3 is 2.44 bits per heavy atom. The lowest BCUT2D eigenvalue weighted by Crippen LogP contribution is -3.13. The maximum absolute atomic E-state index is 11.2. The second kappa shape index (κ2) is 9.27. The molecule has 0 bridgehead atoms. The minimum absolute atomic E-state index is 0.0854. The number of aromatic nitrogens is 2. The minimum atomic E-state index is -0.0854. The SMILES string of the molecule is Oc1c(C(c2ccccn2)[NH+]2CCC(Cc3ccccc3)CC2)cc(Cl)c2cccnc12. The fourth-order valence-corrected chi connectivity index (χ4v) is 5.32. The van der Waals surface area contributed by atoms with Gasteiger partial charge < -0.3 is 10.0 Å². The highest BCUT2D eigenvalue weighted by Crippen LogP contribution is 2.37. The molecule has 1 fully saturated rings. The molecule has 0 radical (unpaired) electrons. The van der Waals surface area contributed by atoms with Crippen molar-refractivity contribution in [3.63, 3.8) is 0 Å². The van der Waals surface area contributed by atoms with E-state index >= 15 is 0 Å². The number of halogens is 1. The lowest BCUT2D eigenvalue weighted by atomic mass is 9.88. The van der Waals surface area contributed by atoms with Gasteiger partial charge in [-0.15, -0.1) is 0 Å². The third-order valence-electron chi connectivity index (χ3n) is 6.66. The van der Waals surface area contributed by atoms with Gasteiger partial charge in [0.05, 0.1) is 23.7 Å². The van der Waals surface area contributed by atoms with E-state index in [1.165, 1.54) is 10.5 Å². The molecule has 162 valence electrons. The highest BCUT2D eigenvalue weighted by Gasteiger charge is 2.34. The minimum Gasteiger partial charge on any atom is -0.505 e. The largest absolute Gasteiger partial charge is 0.505 e. The van der Waals surface area contributed by atoms with Crippen LogP contribution in [-0.4, -0.2) is 28.2 Å². The predicted molar refractivity (Wildman–Crippen MR) is 128 cm³/mol. The normalized spacial score (nSPS) is 19.7. The summed E-state index contributed by atoms with van der Waals surface area (Å²) in [4.78, 5) is 10.5. The number of hydrogen-bond acceptors (Lipinski definition) is 3. The number of benzene rings is 2. The lowest BCUT2D eigenvalue weighted by molar-refractivity contribution is -0.931. The number of nitrogens with one attached hydrogen (secondary N) is 1. The number of piperidine rings is 1. The number of fused-ring (bicyclic) bond motifs is 1. The van der Waals surface area contributed by atoms with Gasteiger partial charge in [-0.2, -0.15) is 0 Å². The van der Waals surface area contributed by atoms with E-state index in [1.807, 2.05) is 42.6 Å². The Morgan fingerprint density at radius 1 is 0.938 bits per heavy atom. The van der Waals surface area contributed by atoms with Crippen LogP contribution in [0.2, 0.25) is 5.02 Å². The van der Waals surface area contributed by atoms with E-state index in [0.29, 0.717) is 16.5 Å². The van der Waals surface area contributed by atoms with Crippen molar-refractivity contribution >= 4 is 22.5 Å². The summed E-state index contributed by atoms with van der Waals surface area (Å²) in [5.41, 5.74) is 3.71. The van der Waals surface area contributed by atoms with Gasteiger partial charge in [-0.05, 0) is 61.1 Å². The lowest BCUT2D eigenvalue weighted by Gasteiger charge is -2.35. The molecular formula is C27H27ClN3O+. The summed E-state index contributed by atoms with van der Waals surface area (Å²) >= 11 is 6.64. The molecule has 0 amide bonds. The Hall–Kier alpha value is -2.95. The summed E-state index contributed by atoms with van der Waals surface area (Å²) in [5, 5.41) is 12.6. The number of pyridine rings is 2. The van der Waals surface area contributed by atoms with Crippen molar-refractivity contribution in [2.24, 2.45) is 5.92 Å². The molecule has 1 atom stereocenters. The number of aromatic hydroxyl groups is 1. The fourth-order valence-electron chi connectivity index (χ4n) is 5.05. The van der Waals surface area contributed by atoms with Gasteiger partial charge in [-0.3, -0.25) is 9.97 Å². The highest BCUT2D eigenvalue weighted by atomic mass is 35.5. The van der Waals surface area contributed by atoms with Gasteiger partial charge in [0.2, 0.25) is 0 Å². The van der Waals surface area contributed by atoms with E-state index in [0.717, 1.165) is 49.0 Å². The van der Waals surface area contributed by atoms with Crippen molar-refractivity contribution in [1.82, 2.24) is 9.97 Å². The average Bonchev–Trinajstić information content (AvgIpc) is 2.85. The number of hydrogen-bond donors (Lipinski definition) is 2. The zero-order valence-corrected chi connectivity index (χ0v) is 18.7. The second-order valence-electron chi connectivity index (χ2n) is 8.67. The zero-order valence-electron chi connectivity index (χ0n) is 17.9. The Kier molecular flexibility index (Phi) is 6.06. The smallest absolute Gasteiger partial charge is 0.160 e. The second-order valence-corrected chi connectivity index (χ2v) is 9.08. The molecule has 0 aliphatic carbocycles. The first-order chi connectivity index (χ1) is 15.7. The van der Waals surface area contributed by atoms with Crippen LogP contribution < -0.4 is 4.90 Å². The molecule has 4 nitrogen and oxygen atoms in total. The molecule has 5 rings (SSSR count). The number of likely N-dealkylation sites (tertiary alicyclic amines) is 1. The molecule has 0 spiro atoms. The highest BCUT2D eigenvalue weighted by molar-refractivity contribution is 6.35. The molecule has 1 aliphatic heterocycles. The van der Waals surface area contributed by atoms with E-state index < -0.39 is 0 Å². The molecule has 2 N–H and O–H groups in total. The van der Waals surface area contributed by atoms with E-state index in [-0.39, 0.29) is 11.8 Å². The monoisotopic (exact) mass is 444 g/mol. The van der Waals surface area contributed by atoms with Crippen molar-refractivity contribution in [2.75, 3.05) is 13.1 Å². The summed E-state index contributed by atoms with van der Waals surface area (Å²) in [6, 6.07) is 22.3. The maximum Gasteiger partial charge on any atom is 0.160 e. The van der Waals surface area contributed by atoms with E-state index in [4.69, 9.17) is 11.6 Å². The Bertz CT molecular complexity index is 1190. The Balaban J connectivity index is 1.46. The van der Waals surface area contributed by atoms with E-state index in [9.17, 15) is 5.11 Å². The fraction of sp³-hybridized carbons (Fsp3) is 0.259. The van der Waals surface area contributed by atoms with Gasteiger partial charge in [-0.25, -0.2) is 0 Å².